The number of hydrogen-bond acceptors (Lipinski definition) is 4. The molecule has 3 heterocycles. The van der Waals surface area contributed by atoms with Gasteiger partial charge in [-0.1, -0.05) is 0 Å². The number of carbonyl (C=O) groups excluding carboxylic acids is 1. The molecule has 1 saturated heterocycles. The fourth-order valence-corrected chi connectivity index (χ4v) is 2.66. The van der Waals surface area contributed by atoms with E-state index in [0.29, 0.717) is 11.9 Å². The van der Waals surface area contributed by atoms with Gasteiger partial charge >= 0.3 is 0 Å². The highest BCUT2D eigenvalue weighted by Crippen LogP contribution is 2.21. The van der Waals surface area contributed by atoms with Crippen LogP contribution in [0, 0.1) is 5.92 Å². The van der Waals surface area contributed by atoms with E-state index in [0.717, 1.165) is 30.6 Å². The Morgan fingerprint density at radius 3 is 2.95 bits per heavy atom. The molecule has 2 aromatic rings. The minimum absolute atomic E-state index is 0.0520. The van der Waals surface area contributed by atoms with Crippen LogP contribution in [0.15, 0.2) is 30.6 Å². The Hall–Kier alpha value is -2.21. The molecule has 6 heteroatoms. The number of hydrogen-bond donors (Lipinski definition) is 3. The SMILES string of the molecule is C[C@H]1C[C@@H](C(=O)Nc2cc(-c3ccncc3)[nH]n2)CCN1. The number of anilines is 1. The van der Waals surface area contributed by atoms with E-state index in [9.17, 15) is 4.79 Å². The van der Waals surface area contributed by atoms with Gasteiger partial charge in [0, 0.05) is 36.0 Å². The van der Waals surface area contributed by atoms with Crippen molar-refractivity contribution in [1.82, 2.24) is 20.5 Å². The number of nitrogens with zero attached hydrogens (tertiary/aromatic N) is 2. The summed E-state index contributed by atoms with van der Waals surface area (Å²) in [5, 5.41) is 13.3. The van der Waals surface area contributed by atoms with E-state index in [4.69, 9.17) is 0 Å². The molecule has 0 saturated carbocycles. The molecule has 0 radical (unpaired) electrons. The van der Waals surface area contributed by atoms with E-state index in [2.05, 4.69) is 32.7 Å². The van der Waals surface area contributed by atoms with Gasteiger partial charge in [-0.25, -0.2) is 0 Å². The van der Waals surface area contributed by atoms with Gasteiger partial charge < -0.3 is 10.6 Å². The van der Waals surface area contributed by atoms with Crippen LogP contribution in [0.2, 0.25) is 0 Å². The predicted octanol–water partition coefficient (Wildman–Crippen LogP) is 1.80. The number of aromatic nitrogens is 3. The van der Waals surface area contributed by atoms with Crippen LogP contribution in [-0.2, 0) is 4.79 Å². The van der Waals surface area contributed by atoms with Crippen molar-refractivity contribution in [2.24, 2.45) is 5.92 Å². The molecule has 21 heavy (non-hydrogen) atoms. The van der Waals surface area contributed by atoms with Crippen molar-refractivity contribution in [3.63, 3.8) is 0 Å². The molecule has 3 N–H and O–H groups in total. The Bertz CT molecular complexity index is 610. The first-order chi connectivity index (χ1) is 10.2. The summed E-state index contributed by atoms with van der Waals surface area (Å²) in [4.78, 5) is 16.2. The van der Waals surface area contributed by atoms with Gasteiger partial charge in [0.05, 0.1) is 5.69 Å². The summed E-state index contributed by atoms with van der Waals surface area (Å²) in [5.74, 6) is 0.677. The molecule has 0 spiro atoms. The van der Waals surface area contributed by atoms with Gasteiger partial charge in [-0.3, -0.25) is 14.9 Å². The van der Waals surface area contributed by atoms with Crippen LogP contribution in [0.1, 0.15) is 19.8 Å². The molecule has 1 aliphatic rings. The van der Waals surface area contributed by atoms with Gasteiger partial charge in [0.25, 0.3) is 0 Å². The minimum Gasteiger partial charge on any atom is -0.314 e. The van der Waals surface area contributed by atoms with Gasteiger partial charge in [0.1, 0.15) is 0 Å². The average Bonchev–Trinajstić information content (AvgIpc) is 2.97. The highest BCUT2D eigenvalue weighted by atomic mass is 16.2. The first kappa shape index (κ1) is 13.8. The smallest absolute Gasteiger partial charge is 0.228 e. The summed E-state index contributed by atoms with van der Waals surface area (Å²) in [6.07, 6.45) is 5.20. The third kappa shape index (κ3) is 3.28. The first-order valence-corrected chi connectivity index (χ1v) is 7.22. The number of rotatable bonds is 3. The Balaban J connectivity index is 1.66. The second-order valence-electron chi connectivity index (χ2n) is 5.47. The van der Waals surface area contributed by atoms with E-state index >= 15 is 0 Å². The number of pyridine rings is 1. The Labute approximate surface area is 123 Å². The summed E-state index contributed by atoms with van der Waals surface area (Å²) in [5.41, 5.74) is 1.86. The van der Waals surface area contributed by atoms with Gasteiger partial charge in [-0.2, -0.15) is 5.10 Å². The molecule has 2 atom stereocenters. The van der Waals surface area contributed by atoms with Gasteiger partial charge in [-0.15, -0.1) is 0 Å². The minimum atomic E-state index is 0.0520. The van der Waals surface area contributed by atoms with Crippen LogP contribution in [0.3, 0.4) is 0 Å². The highest BCUT2D eigenvalue weighted by molar-refractivity contribution is 5.92. The van der Waals surface area contributed by atoms with Crippen LogP contribution in [0.25, 0.3) is 11.3 Å². The second kappa shape index (κ2) is 6.05. The van der Waals surface area contributed by atoms with Crippen molar-refractivity contribution >= 4 is 11.7 Å². The van der Waals surface area contributed by atoms with Crippen molar-refractivity contribution in [2.75, 3.05) is 11.9 Å². The number of piperidine rings is 1. The second-order valence-corrected chi connectivity index (χ2v) is 5.47. The Morgan fingerprint density at radius 1 is 1.38 bits per heavy atom. The number of H-pyrrole nitrogens is 1. The highest BCUT2D eigenvalue weighted by Gasteiger charge is 2.25. The molecule has 0 aromatic carbocycles. The summed E-state index contributed by atoms with van der Waals surface area (Å²) < 4.78 is 0. The molecule has 2 aromatic heterocycles. The summed E-state index contributed by atoms with van der Waals surface area (Å²) in [7, 11) is 0. The molecule has 6 nitrogen and oxygen atoms in total. The van der Waals surface area contributed by atoms with E-state index in [1.54, 1.807) is 12.4 Å². The van der Waals surface area contributed by atoms with Gasteiger partial charge in [0.2, 0.25) is 5.91 Å². The average molecular weight is 285 g/mol. The molecule has 3 rings (SSSR count). The van der Waals surface area contributed by atoms with Crippen LogP contribution in [-0.4, -0.2) is 33.7 Å². The fourth-order valence-electron chi connectivity index (χ4n) is 2.66. The lowest BCUT2D eigenvalue weighted by molar-refractivity contribution is -0.120. The number of aromatic amines is 1. The molecule has 1 aliphatic heterocycles. The quantitative estimate of drug-likeness (QED) is 0.803. The van der Waals surface area contributed by atoms with Crippen molar-refractivity contribution in [3.8, 4) is 11.3 Å². The lowest BCUT2D eigenvalue weighted by atomic mass is 9.92. The molecular weight excluding hydrogens is 266 g/mol. The lowest BCUT2D eigenvalue weighted by Gasteiger charge is -2.26. The van der Waals surface area contributed by atoms with Crippen molar-refractivity contribution in [1.29, 1.82) is 0 Å². The number of carbonyl (C=O) groups is 1. The Morgan fingerprint density at radius 2 is 2.19 bits per heavy atom. The van der Waals surface area contributed by atoms with Crippen LogP contribution in [0.4, 0.5) is 5.82 Å². The lowest BCUT2D eigenvalue weighted by Crippen LogP contribution is -2.40. The van der Waals surface area contributed by atoms with Crippen molar-refractivity contribution < 1.29 is 4.79 Å². The molecule has 1 fully saturated rings. The van der Waals surface area contributed by atoms with E-state index in [1.807, 2.05) is 18.2 Å². The molecule has 0 unspecified atom stereocenters. The van der Waals surface area contributed by atoms with Crippen molar-refractivity contribution in [3.05, 3.63) is 30.6 Å². The maximum atomic E-state index is 12.3. The zero-order chi connectivity index (χ0) is 14.7. The topological polar surface area (TPSA) is 82.7 Å². The standard InChI is InChI=1S/C15H19N5O/c1-10-8-12(4-7-17-10)15(21)18-14-9-13(19-20-14)11-2-5-16-6-3-11/h2-3,5-6,9-10,12,17H,4,7-8H2,1H3,(H2,18,19,20,21)/t10-,12-/m0/s1. The fraction of sp³-hybridized carbons (Fsp3) is 0.400. The largest absolute Gasteiger partial charge is 0.314 e. The monoisotopic (exact) mass is 285 g/mol. The molecule has 0 bridgehead atoms. The maximum Gasteiger partial charge on any atom is 0.228 e. The summed E-state index contributed by atoms with van der Waals surface area (Å²) in [6.45, 7) is 3.00. The van der Waals surface area contributed by atoms with Gasteiger partial charge in [0.15, 0.2) is 5.82 Å². The normalized spacial score (nSPS) is 22.0. The number of nitrogens with one attached hydrogen (secondary N) is 3. The Kier molecular flexibility index (Phi) is 3.96. The molecule has 110 valence electrons. The van der Waals surface area contributed by atoms with Gasteiger partial charge in [-0.05, 0) is 38.4 Å². The van der Waals surface area contributed by atoms with Crippen molar-refractivity contribution in [2.45, 2.75) is 25.8 Å². The summed E-state index contributed by atoms with van der Waals surface area (Å²) in [6, 6.07) is 6.03. The molecule has 0 aliphatic carbocycles. The first-order valence-electron chi connectivity index (χ1n) is 7.22. The molecule has 1 amide bonds. The molecular formula is C15H19N5O. The summed E-state index contributed by atoms with van der Waals surface area (Å²) >= 11 is 0. The number of amides is 1. The van der Waals surface area contributed by atoms with E-state index < -0.39 is 0 Å². The third-order valence-electron chi connectivity index (χ3n) is 3.81. The maximum absolute atomic E-state index is 12.3. The predicted molar refractivity (Wildman–Crippen MR) is 80.6 cm³/mol. The zero-order valence-corrected chi connectivity index (χ0v) is 12.0. The van der Waals surface area contributed by atoms with E-state index in [1.165, 1.54) is 0 Å². The zero-order valence-electron chi connectivity index (χ0n) is 12.0. The third-order valence-corrected chi connectivity index (χ3v) is 3.81. The van der Waals surface area contributed by atoms with E-state index in [-0.39, 0.29) is 11.8 Å². The van der Waals surface area contributed by atoms with Crippen LogP contribution in [0.5, 0.6) is 0 Å². The van der Waals surface area contributed by atoms with Crippen LogP contribution < -0.4 is 10.6 Å². The van der Waals surface area contributed by atoms with Crippen LogP contribution >= 0.6 is 0 Å².